The van der Waals surface area contributed by atoms with Crippen LogP contribution in [0.2, 0.25) is 0 Å². The number of thioether (sulfide) groups is 1. The minimum Gasteiger partial charge on any atom is -0.368 e. The Hall–Kier alpha value is -2.80. The van der Waals surface area contributed by atoms with Gasteiger partial charge in [-0.05, 0) is 55.7 Å². The number of imidazole rings is 1. The number of primary amides is 1. The van der Waals surface area contributed by atoms with Crippen LogP contribution in [0.5, 0.6) is 0 Å². The minimum absolute atomic E-state index is 0.228. The molecule has 6 nitrogen and oxygen atoms in total. The van der Waals surface area contributed by atoms with Gasteiger partial charge in [0, 0.05) is 28.6 Å². The number of hydrogen-bond donors (Lipinski definition) is 2. The van der Waals surface area contributed by atoms with Gasteiger partial charge in [0.1, 0.15) is 11.2 Å². The summed E-state index contributed by atoms with van der Waals surface area (Å²) in [5.74, 6) is 0.135. The molecule has 0 aliphatic carbocycles. The van der Waals surface area contributed by atoms with E-state index in [1.54, 1.807) is 30.8 Å². The van der Waals surface area contributed by atoms with Gasteiger partial charge < -0.3 is 15.5 Å². The molecule has 152 valence electrons. The van der Waals surface area contributed by atoms with Gasteiger partial charge in [0.15, 0.2) is 0 Å². The Labute approximate surface area is 174 Å². The molecule has 0 aliphatic rings. The minimum atomic E-state index is -1.07. The van der Waals surface area contributed by atoms with Crippen LogP contribution >= 0.6 is 11.8 Å². The maximum Gasteiger partial charge on any atom is 0.252 e. The number of hydrogen-bond acceptors (Lipinski definition) is 4. The van der Waals surface area contributed by atoms with Crippen molar-refractivity contribution >= 4 is 29.2 Å². The standard InChI is InChI=1S/C22H26N4O2S/c1-15(2)12-22(3,21(23)28)25-20(27)16-7-9-18(10-8-16)29-14-17-13-26-11-5-4-6-19(26)24-17/h4-11,13,15H,12,14H2,1-3H3,(H2,23,28)(H,25,27). The Balaban J connectivity index is 1.62. The third-order valence-electron chi connectivity index (χ3n) is 4.67. The average molecular weight is 411 g/mol. The third-order valence-corrected chi connectivity index (χ3v) is 5.71. The highest BCUT2D eigenvalue weighted by atomic mass is 32.2. The van der Waals surface area contributed by atoms with Gasteiger partial charge in [-0.15, -0.1) is 11.8 Å². The van der Waals surface area contributed by atoms with Crippen molar-refractivity contribution in [1.82, 2.24) is 14.7 Å². The molecule has 3 aromatic rings. The molecule has 3 rings (SSSR count). The molecular formula is C22H26N4O2S. The number of fused-ring (bicyclic) bond motifs is 1. The molecule has 0 fully saturated rings. The van der Waals surface area contributed by atoms with Gasteiger partial charge in [-0.1, -0.05) is 19.9 Å². The van der Waals surface area contributed by atoms with Crippen molar-refractivity contribution < 1.29 is 9.59 Å². The van der Waals surface area contributed by atoms with Crippen LogP contribution in [-0.4, -0.2) is 26.7 Å². The first-order chi connectivity index (χ1) is 13.8. The second kappa shape index (κ2) is 8.69. The summed E-state index contributed by atoms with van der Waals surface area (Å²) in [7, 11) is 0. The molecule has 7 heteroatoms. The van der Waals surface area contributed by atoms with Crippen LogP contribution < -0.4 is 11.1 Å². The van der Waals surface area contributed by atoms with E-state index in [1.165, 1.54) is 0 Å². The fourth-order valence-electron chi connectivity index (χ4n) is 3.27. The molecule has 0 radical (unpaired) electrons. The van der Waals surface area contributed by atoms with Crippen LogP contribution in [0.1, 0.15) is 43.2 Å². The van der Waals surface area contributed by atoms with E-state index in [0.717, 1.165) is 22.0 Å². The van der Waals surface area contributed by atoms with Gasteiger partial charge in [-0.3, -0.25) is 9.59 Å². The van der Waals surface area contributed by atoms with Gasteiger partial charge in [0.2, 0.25) is 5.91 Å². The number of benzene rings is 1. The molecule has 0 bridgehead atoms. The lowest BCUT2D eigenvalue weighted by molar-refractivity contribution is -0.124. The lowest BCUT2D eigenvalue weighted by atomic mass is 9.89. The Bertz CT molecular complexity index is 980. The number of aromatic nitrogens is 2. The molecule has 2 aromatic heterocycles. The van der Waals surface area contributed by atoms with Gasteiger partial charge in [-0.25, -0.2) is 4.98 Å². The lowest BCUT2D eigenvalue weighted by Crippen LogP contribution is -2.56. The zero-order chi connectivity index (χ0) is 21.0. The molecule has 29 heavy (non-hydrogen) atoms. The molecule has 1 unspecified atom stereocenters. The number of nitrogens with zero attached hydrogens (tertiary/aromatic N) is 2. The van der Waals surface area contributed by atoms with E-state index in [1.807, 2.05) is 61.0 Å². The lowest BCUT2D eigenvalue weighted by Gasteiger charge is -2.29. The number of carbonyl (C=O) groups is 2. The number of rotatable bonds is 8. The van der Waals surface area contributed by atoms with E-state index in [9.17, 15) is 9.59 Å². The zero-order valence-corrected chi connectivity index (χ0v) is 17.7. The van der Waals surface area contributed by atoms with Crippen molar-refractivity contribution in [2.75, 3.05) is 0 Å². The van der Waals surface area contributed by atoms with E-state index >= 15 is 0 Å². The molecule has 2 amide bonds. The molecule has 2 heterocycles. The Morgan fingerprint density at radius 1 is 1.21 bits per heavy atom. The zero-order valence-electron chi connectivity index (χ0n) is 16.9. The summed E-state index contributed by atoms with van der Waals surface area (Å²) in [6, 6.07) is 13.2. The van der Waals surface area contributed by atoms with Crippen molar-refractivity contribution in [2.24, 2.45) is 11.7 Å². The Morgan fingerprint density at radius 2 is 1.93 bits per heavy atom. The van der Waals surface area contributed by atoms with Crippen molar-refractivity contribution in [1.29, 1.82) is 0 Å². The number of nitrogens with one attached hydrogen (secondary N) is 1. The fourth-order valence-corrected chi connectivity index (χ4v) is 4.05. The van der Waals surface area contributed by atoms with E-state index < -0.39 is 11.4 Å². The maximum absolute atomic E-state index is 12.6. The number of pyridine rings is 1. The van der Waals surface area contributed by atoms with Crippen molar-refractivity contribution in [3.05, 3.63) is 66.1 Å². The molecule has 0 saturated heterocycles. The summed E-state index contributed by atoms with van der Waals surface area (Å²) in [6.45, 7) is 5.65. The van der Waals surface area contributed by atoms with Crippen molar-refractivity contribution in [3.63, 3.8) is 0 Å². The molecule has 0 saturated carbocycles. The second-order valence-electron chi connectivity index (χ2n) is 7.76. The predicted octanol–water partition coefficient (Wildman–Crippen LogP) is 3.65. The number of amides is 2. The van der Waals surface area contributed by atoms with E-state index in [0.29, 0.717) is 12.0 Å². The highest BCUT2D eigenvalue weighted by Gasteiger charge is 2.33. The van der Waals surface area contributed by atoms with Crippen LogP contribution in [0.3, 0.4) is 0 Å². The van der Waals surface area contributed by atoms with Crippen LogP contribution in [0.15, 0.2) is 59.8 Å². The van der Waals surface area contributed by atoms with Gasteiger partial charge in [0.25, 0.3) is 5.91 Å². The van der Waals surface area contributed by atoms with Crippen LogP contribution in [0, 0.1) is 5.92 Å². The monoisotopic (exact) mass is 410 g/mol. The van der Waals surface area contributed by atoms with Crippen LogP contribution in [-0.2, 0) is 10.5 Å². The summed E-state index contributed by atoms with van der Waals surface area (Å²) in [4.78, 5) is 30.1. The average Bonchev–Trinajstić information content (AvgIpc) is 3.09. The SMILES string of the molecule is CC(C)CC(C)(NC(=O)c1ccc(SCc2cn3ccccc3n2)cc1)C(N)=O. The first kappa shape index (κ1) is 20.9. The Morgan fingerprint density at radius 3 is 2.55 bits per heavy atom. The Kier molecular flexibility index (Phi) is 6.27. The van der Waals surface area contributed by atoms with Gasteiger partial charge in [-0.2, -0.15) is 0 Å². The smallest absolute Gasteiger partial charge is 0.252 e. The number of nitrogens with two attached hydrogens (primary N) is 1. The number of carbonyl (C=O) groups excluding carboxylic acids is 2. The molecule has 3 N–H and O–H groups in total. The summed E-state index contributed by atoms with van der Waals surface area (Å²) >= 11 is 1.65. The van der Waals surface area contributed by atoms with E-state index in [-0.39, 0.29) is 11.8 Å². The van der Waals surface area contributed by atoms with Crippen LogP contribution in [0.25, 0.3) is 5.65 Å². The van der Waals surface area contributed by atoms with E-state index in [4.69, 9.17) is 5.73 Å². The largest absolute Gasteiger partial charge is 0.368 e. The van der Waals surface area contributed by atoms with Gasteiger partial charge >= 0.3 is 0 Å². The topological polar surface area (TPSA) is 89.5 Å². The maximum atomic E-state index is 12.6. The normalized spacial score (nSPS) is 13.4. The first-order valence-electron chi connectivity index (χ1n) is 9.55. The second-order valence-corrected chi connectivity index (χ2v) is 8.81. The van der Waals surface area contributed by atoms with Crippen molar-refractivity contribution in [2.45, 2.75) is 43.4 Å². The fraction of sp³-hybridized carbons (Fsp3) is 0.318. The van der Waals surface area contributed by atoms with Crippen LogP contribution in [0.4, 0.5) is 0 Å². The molecular weight excluding hydrogens is 384 g/mol. The third kappa shape index (κ3) is 5.17. The first-order valence-corrected chi connectivity index (χ1v) is 10.5. The summed E-state index contributed by atoms with van der Waals surface area (Å²) in [5, 5.41) is 2.80. The van der Waals surface area contributed by atoms with E-state index in [2.05, 4.69) is 10.3 Å². The van der Waals surface area contributed by atoms with Crippen molar-refractivity contribution in [3.8, 4) is 0 Å². The summed E-state index contributed by atoms with van der Waals surface area (Å²) < 4.78 is 2.00. The highest BCUT2D eigenvalue weighted by Crippen LogP contribution is 2.23. The predicted molar refractivity (Wildman–Crippen MR) is 116 cm³/mol. The van der Waals surface area contributed by atoms with Gasteiger partial charge in [0.05, 0.1) is 5.69 Å². The quantitative estimate of drug-likeness (QED) is 0.555. The molecule has 0 aliphatic heterocycles. The summed E-state index contributed by atoms with van der Waals surface area (Å²) in [5.41, 5.74) is 6.88. The molecule has 1 aromatic carbocycles. The summed E-state index contributed by atoms with van der Waals surface area (Å²) in [6.07, 6.45) is 4.48. The highest BCUT2D eigenvalue weighted by molar-refractivity contribution is 7.98. The molecule has 0 spiro atoms. The molecule has 1 atom stereocenters.